The number of fused-ring (bicyclic) bond motifs is 1. The molecule has 0 aromatic heterocycles. The van der Waals surface area contributed by atoms with E-state index >= 15 is 0 Å². The van der Waals surface area contributed by atoms with Crippen LogP contribution in [-0.4, -0.2) is 10.2 Å². The molecular weight excluding hydrogens is 243 g/mol. The Balaban J connectivity index is 1.97. The van der Waals surface area contributed by atoms with Crippen LogP contribution < -0.4 is 0 Å². The Bertz CT molecular complexity index is 624. The number of rotatable bonds is 2. The Hall–Kier alpha value is -1.87. The second-order valence-corrected chi connectivity index (χ2v) is 5.14. The lowest BCUT2D eigenvalue weighted by molar-refractivity contribution is 0.0389. The molecular formula is C16H15FO2. The fraction of sp³-hybridized carbons (Fsp3) is 0.250. The van der Waals surface area contributed by atoms with Crippen molar-refractivity contribution in [3.8, 4) is 5.75 Å². The van der Waals surface area contributed by atoms with Crippen LogP contribution in [0.2, 0.25) is 0 Å². The fourth-order valence-corrected chi connectivity index (χ4v) is 2.90. The molecule has 0 saturated heterocycles. The number of benzene rings is 2. The van der Waals surface area contributed by atoms with Gasteiger partial charge in [0.1, 0.15) is 11.6 Å². The minimum Gasteiger partial charge on any atom is -0.508 e. The van der Waals surface area contributed by atoms with Crippen LogP contribution in [0.5, 0.6) is 5.75 Å². The van der Waals surface area contributed by atoms with E-state index in [1.807, 2.05) is 6.07 Å². The highest BCUT2D eigenvalue weighted by atomic mass is 19.1. The molecule has 0 radical (unpaired) electrons. The Kier molecular flexibility index (Phi) is 2.79. The number of halogens is 1. The van der Waals surface area contributed by atoms with Crippen molar-refractivity contribution in [2.45, 2.75) is 24.9 Å². The molecule has 0 aliphatic heterocycles. The van der Waals surface area contributed by atoms with Gasteiger partial charge in [-0.3, -0.25) is 0 Å². The lowest BCUT2D eigenvalue weighted by Crippen LogP contribution is -2.25. The highest BCUT2D eigenvalue weighted by molar-refractivity contribution is 5.40. The maximum atomic E-state index is 13.7. The molecule has 3 heteroatoms. The number of aliphatic hydroxyl groups is 1. The minimum atomic E-state index is -1.04. The molecule has 2 N–H and O–H groups in total. The topological polar surface area (TPSA) is 40.5 Å². The molecule has 0 spiro atoms. The first-order chi connectivity index (χ1) is 9.08. The highest BCUT2D eigenvalue weighted by Crippen LogP contribution is 2.40. The molecule has 1 unspecified atom stereocenters. The summed E-state index contributed by atoms with van der Waals surface area (Å²) in [6.45, 7) is 0. The van der Waals surface area contributed by atoms with Crippen molar-refractivity contribution in [1.29, 1.82) is 0 Å². The van der Waals surface area contributed by atoms with Gasteiger partial charge in [-0.25, -0.2) is 4.39 Å². The van der Waals surface area contributed by atoms with Crippen LogP contribution in [-0.2, 0) is 18.4 Å². The van der Waals surface area contributed by atoms with Crippen LogP contribution in [0.1, 0.15) is 23.1 Å². The van der Waals surface area contributed by atoms with E-state index in [9.17, 15) is 14.6 Å². The average Bonchev–Trinajstić information content (AvgIpc) is 2.69. The number of hydrogen-bond acceptors (Lipinski definition) is 2. The third kappa shape index (κ3) is 2.10. The van der Waals surface area contributed by atoms with Crippen molar-refractivity contribution in [2.75, 3.05) is 0 Å². The summed E-state index contributed by atoms with van der Waals surface area (Å²) in [4.78, 5) is 0. The van der Waals surface area contributed by atoms with Crippen molar-refractivity contribution < 1.29 is 14.6 Å². The number of phenolic OH excluding ortho intramolecular Hbond substituents is 1. The van der Waals surface area contributed by atoms with Crippen LogP contribution in [0.3, 0.4) is 0 Å². The van der Waals surface area contributed by atoms with E-state index in [-0.39, 0.29) is 11.6 Å². The molecule has 1 aliphatic carbocycles. The van der Waals surface area contributed by atoms with Crippen molar-refractivity contribution in [2.24, 2.45) is 0 Å². The lowest BCUT2D eigenvalue weighted by Gasteiger charge is -2.24. The molecule has 2 aromatic carbocycles. The van der Waals surface area contributed by atoms with E-state index in [2.05, 4.69) is 0 Å². The first-order valence-electron chi connectivity index (χ1n) is 6.37. The van der Waals surface area contributed by atoms with E-state index in [0.29, 0.717) is 30.4 Å². The van der Waals surface area contributed by atoms with Crippen molar-refractivity contribution in [3.63, 3.8) is 0 Å². The molecule has 0 bridgehead atoms. The Morgan fingerprint density at radius 1 is 1.16 bits per heavy atom. The summed E-state index contributed by atoms with van der Waals surface area (Å²) in [5.41, 5.74) is 1.10. The monoisotopic (exact) mass is 258 g/mol. The smallest absolute Gasteiger partial charge is 0.126 e. The van der Waals surface area contributed by atoms with Gasteiger partial charge < -0.3 is 10.2 Å². The van der Waals surface area contributed by atoms with Crippen LogP contribution in [0.25, 0.3) is 0 Å². The largest absolute Gasteiger partial charge is 0.508 e. The van der Waals surface area contributed by atoms with Gasteiger partial charge in [0.15, 0.2) is 0 Å². The molecule has 0 fully saturated rings. The highest BCUT2D eigenvalue weighted by Gasteiger charge is 2.37. The SMILES string of the molecule is Oc1cccc(CC2(O)CCc3c(F)cccc32)c1. The summed E-state index contributed by atoms with van der Waals surface area (Å²) in [7, 11) is 0. The van der Waals surface area contributed by atoms with E-state index in [0.717, 1.165) is 5.56 Å². The predicted octanol–water partition coefficient (Wildman–Crippen LogP) is 2.91. The van der Waals surface area contributed by atoms with Crippen LogP contribution in [0.15, 0.2) is 42.5 Å². The zero-order chi connectivity index (χ0) is 13.5. The quantitative estimate of drug-likeness (QED) is 0.869. The van der Waals surface area contributed by atoms with Gasteiger partial charge in [-0.05, 0) is 47.7 Å². The van der Waals surface area contributed by atoms with Gasteiger partial charge >= 0.3 is 0 Å². The predicted molar refractivity (Wildman–Crippen MR) is 70.4 cm³/mol. The zero-order valence-electron chi connectivity index (χ0n) is 10.4. The second kappa shape index (κ2) is 4.35. The molecule has 0 saturated carbocycles. The van der Waals surface area contributed by atoms with Gasteiger partial charge in [-0.1, -0.05) is 24.3 Å². The summed E-state index contributed by atoms with van der Waals surface area (Å²) in [6.07, 6.45) is 1.45. The molecule has 1 atom stereocenters. The van der Waals surface area contributed by atoms with Crippen LogP contribution in [0, 0.1) is 5.82 Å². The number of phenols is 1. The Morgan fingerprint density at radius 3 is 2.74 bits per heavy atom. The number of aromatic hydroxyl groups is 1. The summed E-state index contributed by atoms with van der Waals surface area (Å²) >= 11 is 0. The van der Waals surface area contributed by atoms with Gasteiger partial charge in [0.2, 0.25) is 0 Å². The number of hydrogen-bond donors (Lipinski definition) is 2. The minimum absolute atomic E-state index is 0.179. The van der Waals surface area contributed by atoms with Crippen LogP contribution >= 0.6 is 0 Å². The van der Waals surface area contributed by atoms with E-state index in [1.54, 1.807) is 30.3 Å². The second-order valence-electron chi connectivity index (χ2n) is 5.14. The van der Waals surface area contributed by atoms with E-state index in [4.69, 9.17) is 0 Å². The maximum Gasteiger partial charge on any atom is 0.126 e. The van der Waals surface area contributed by atoms with Crippen molar-refractivity contribution in [1.82, 2.24) is 0 Å². The first kappa shape index (κ1) is 12.2. The fourth-order valence-electron chi connectivity index (χ4n) is 2.90. The van der Waals surface area contributed by atoms with Crippen molar-refractivity contribution in [3.05, 3.63) is 65.0 Å². The van der Waals surface area contributed by atoms with E-state index < -0.39 is 5.60 Å². The Labute approximate surface area is 111 Å². The summed E-state index contributed by atoms with van der Waals surface area (Å²) < 4.78 is 13.7. The molecule has 0 amide bonds. The Morgan fingerprint density at radius 2 is 1.95 bits per heavy atom. The van der Waals surface area contributed by atoms with E-state index in [1.165, 1.54) is 6.07 Å². The molecule has 3 rings (SSSR count). The summed E-state index contributed by atoms with van der Waals surface area (Å²) in [6, 6.07) is 11.7. The maximum absolute atomic E-state index is 13.7. The van der Waals surface area contributed by atoms with Gasteiger partial charge in [-0.2, -0.15) is 0 Å². The summed E-state index contributed by atoms with van der Waals surface area (Å²) in [5.74, 6) is -0.0668. The molecule has 19 heavy (non-hydrogen) atoms. The normalized spacial score (nSPS) is 21.4. The zero-order valence-corrected chi connectivity index (χ0v) is 10.4. The van der Waals surface area contributed by atoms with Gasteiger partial charge in [0, 0.05) is 6.42 Å². The standard InChI is InChI=1S/C16H15FO2/c17-15-6-2-5-14-13(15)7-8-16(14,19)10-11-3-1-4-12(18)9-11/h1-6,9,18-19H,7-8,10H2. The van der Waals surface area contributed by atoms with Crippen molar-refractivity contribution >= 4 is 0 Å². The first-order valence-corrected chi connectivity index (χ1v) is 6.37. The molecule has 1 aliphatic rings. The van der Waals surface area contributed by atoms with Crippen LogP contribution in [0.4, 0.5) is 4.39 Å². The van der Waals surface area contributed by atoms with Gasteiger partial charge in [0.05, 0.1) is 5.60 Å². The van der Waals surface area contributed by atoms with Gasteiger partial charge in [0.25, 0.3) is 0 Å². The third-order valence-corrected chi connectivity index (χ3v) is 3.82. The molecule has 0 heterocycles. The third-order valence-electron chi connectivity index (χ3n) is 3.82. The molecule has 98 valence electrons. The molecule has 2 aromatic rings. The lowest BCUT2D eigenvalue weighted by atomic mass is 9.88. The summed E-state index contributed by atoms with van der Waals surface area (Å²) in [5, 5.41) is 20.2. The average molecular weight is 258 g/mol. The van der Waals surface area contributed by atoms with Gasteiger partial charge in [-0.15, -0.1) is 0 Å². The molecule has 2 nitrogen and oxygen atoms in total.